The second kappa shape index (κ2) is 3.98. The number of ketones is 1. The minimum atomic E-state index is -0.190. The van der Waals surface area contributed by atoms with Crippen LogP contribution in [-0.2, 0) is 14.3 Å². The molecule has 0 amide bonds. The molecule has 1 saturated heterocycles. The Kier molecular flexibility index (Phi) is 2.58. The lowest BCUT2D eigenvalue weighted by molar-refractivity contribution is -0.134. The largest absolute Gasteiger partial charge is 0.461 e. The number of hydrogen-bond donors (Lipinski definition) is 0. The number of hydrogen-bond acceptors (Lipinski definition) is 3. The lowest BCUT2D eigenvalue weighted by Crippen LogP contribution is -2.31. The SMILES string of the molecule is CCC1=CC(=O)C2=C(C1)CC1C(C)COC1O2. The van der Waals surface area contributed by atoms with Crippen molar-refractivity contribution in [2.45, 2.75) is 39.4 Å². The molecule has 0 spiro atoms. The summed E-state index contributed by atoms with van der Waals surface area (Å²) < 4.78 is 11.3. The standard InChI is InChI=1S/C14H18O3/c1-3-9-4-10-6-11-8(2)7-16-14(11)17-13(10)12(15)5-9/h5,8,11,14H,3-4,6-7H2,1-2H3. The summed E-state index contributed by atoms with van der Waals surface area (Å²) in [6.45, 7) is 5.04. The summed E-state index contributed by atoms with van der Waals surface area (Å²) in [6.07, 6.45) is 4.36. The number of fused-ring (bicyclic) bond motifs is 1. The molecular weight excluding hydrogens is 216 g/mol. The van der Waals surface area contributed by atoms with Gasteiger partial charge in [-0.25, -0.2) is 0 Å². The fourth-order valence-corrected chi connectivity index (χ4v) is 2.95. The molecule has 0 aromatic heterocycles. The smallest absolute Gasteiger partial charge is 0.220 e. The van der Waals surface area contributed by atoms with Gasteiger partial charge in [0.25, 0.3) is 0 Å². The van der Waals surface area contributed by atoms with E-state index in [2.05, 4.69) is 13.8 Å². The number of carbonyl (C=O) groups excluding carboxylic acids is 1. The van der Waals surface area contributed by atoms with E-state index >= 15 is 0 Å². The lowest BCUT2D eigenvalue weighted by atomic mass is 9.82. The first-order valence-corrected chi connectivity index (χ1v) is 6.43. The van der Waals surface area contributed by atoms with Gasteiger partial charge < -0.3 is 9.47 Å². The van der Waals surface area contributed by atoms with Crippen molar-refractivity contribution in [1.82, 2.24) is 0 Å². The molecule has 17 heavy (non-hydrogen) atoms. The first kappa shape index (κ1) is 11.0. The van der Waals surface area contributed by atoms with Gasteiger partial charge >= 0.3 is 0 Å². The summed E-state index contributed by atoms with van der Waals surface area (Å²) in [6, 6.07) is 0. The third-order valence-electron chi connectivity index (χ3n) is 4.09. The van der Waals surface area contributed by atoms with Gasteiger partial charge in [0, 0.05) is 5.92 Å². The van der Waals surface area contributed by atoms with Crippen LogP contribution in [0, 0.1) is 11.8 Å². The van der Waals surface area contributed by atoms with Crippen LogP contribution >= 0.6 is 0 Å². The van der Waals surface area contributed by atoms with Gasteiger partial charge in [-0.1, -0.05) is 19.4 Å². The normalized spacial score (nSPS) is 36.2. The van der Waals surface area contributed by atoms with Crippen LogP contribution in [0.5, 0.6) is 0 Å². The van der Waals surface area contributed by atoms with Crippen molar-refractivity contribution in [3.05, 3.63) is 23.0 Å². The molecule has 0 bridgehead atoms. The maximum absolute atomic E-state index is 12.0. The average Bonchev–Trinajstić information content (AvgIpc) is 2.69. The highest BCUT2D eigenvalue weighted by atomic mass is 16.7. The van der Waals surface area contributed by atoms with E-state index in [0.29, 0.717) is 17.6 Å². The summed E-state index contributed by atoms with van der Waals surface area (Å²) in [5.41, 5.74) is 2.41. The molecule has 92 valence electrons. The average molecular weight is 234 g/mol. The molecule has 0 aromatic rings. The Morgan fingerprint density at radius 3 is 3.06 bits per heavy atom. The highest BCUT2D eigenvalue weighted by Crippen LogP contribution is 2.42. The van der Waals surface area contributed by atoms with Gasteiger partial charge in [0.15, 0.2) is 5.76 Å². The van der Waals surface area contributed by atoms with Gasteiger partial charge in [-0.2, -0.15) is 0 Å². The molecule has 0 aromatic carbocycles. The van der Waals surface area contributed by atoms with Crippen molar-refractivity contribution in [3.63, 3.8) is 0 Å². The molecule has 3 heteroatoms. The maximum Gasteiger partial charge on any atom is 0.220 e. The Morgan fingerprint density at radius 1 is 1.47 bits per heavy atom. The van der Waals surface area contributed by atoms with Crippen LogP contribution in [0.2, 0.25) is 0 Å². The zero-order valence-electron chi connectivity index (χ0n) is 10.4. The summed E-state index contributed by atoms with van der Waals surface area (Å²) in [5.74, 6) is 1.56. The fraction of sp³-hybridized carbons (Fsp3) is 0.643. The molecule has 3 aliphatic rings. The molecule has 3 atom stereocenters. The molecule has 0 saturated carbocycles. The van der Waals surface area contributed by atoms with E-state index in [1.165, 1.54) is 11.1 Å². The molecule has 3 unspecified atom stereocenters. The maximum atomic E-state index is 12.0. The Balaban J connectivity index is 1.87. The van der Waals surface area contributed by atoms with Crippen LogP contribution in [0.25, 0.3) is 0 Å². The Labute approximate surface area is 101 Å². The van der Waals surface area contributed by atoms with Gasteiger partial charge in [-0.15, -0.1) is 0 Å². The Bertz CT molecular complexity index is 419. The first-order valence-electron chi connectivity index (χ1n) is 6.43. The van der Waals surface area contributed by atoms with Gasteiger partial charge in [-0.3, -0.25) is 4.79 Å². The van der Waals surface area contributed by atoms with Gasteiger partial charge in [0.1, 0.15) is 0 Å². The minimum Gasteiger partial charge on any atom is -0.461 e. The lowest BCUT2D eigenvalue weighted by Gasteiger charge is -2.32. The highest BCUT2D eigenvalue weighted by Gasteiger charge is 2.42. The van der Waals surface area contributed by atoms with E-state index in [-0.39, 0.29) is 12.1 Å². The van der Waals surface area contributed by atoms with Crippen LogP contribution in [0.1, 0.15) is 33.1 Å². The molecule has 1 aliphatic carbocycles. The summed E-state index contributed by atoms with van der Waals surface area (Å²) >= 11 is 0. The monoisotopic (exact) mass is 234 g/mol. The van der Waals surface area contributed by atoms with E-state index in [4.69, 9.17) is 9.47 Å². The van der Waals surface area contributed by atoms with Crippen molar-refractivity contribution in [2.24, 2.45) is 11.8 Å². The van der Waals surface area contributed by atoms with Crippen LogP contribution < -0.4 is 0 Å². The predicted octanol–water partition coefficient (Wildman–Crippen LogP) is 2.58. The van der Waals surface area contributed by atoms with Crippen LogP contribution in [0.15, 0.2) is 23.0 Å². The molecule has 3 nitrogen and oxygen atoms in total. The van der Waals surface area contributed by atoms with Crippen LogP contribution in [-0.4, -0.2) is 18.7 Å². The topological polar surface area (TPSA) is 35.5 Å². The minimum absolute atomic E-state index is 0.0321. The van der Waals surface area contributed by atoms with Crippen LogP contribution in [0.3, 0.4) is 0 Å². The second-order valence-corrected chi connectivity index (χ2v) is 5.29. The second-order valence-electron chi connectivity index (χ2n) is 5.29. The third kappa shape index (κ3) is 1.73. The fourth-order valence-electron chi connectivity index (χ4n) is 2.95. The van der Waals surface area contributed by atoms with E-state index in [1.54, 1.807) is 6.08 Å². The van der Waals surface area contributed by atoms with E-state index in [1.807, 2.05) is 0 Å². The van der Waals surface area contributed by atoms with Crippen molar-refractivity contribution in [1.29, 1.82) is 0 Å². The van der Waals surface area contributed by atoms with Gasteiger partial charge in [0.2, 0.25) is 12.1 Å². The summed E-state index contributed by atoms with van der Waals surface area (Å²) in [5, 5.41) is 0. The number of rotatable bonds is 1. The highest BCUT2D eigenvalue weighted by molar-refractivity contribution is 6.04. The van der Waals surface area contributed by atoms with Crippen LogP contribution in [0.4, 0.5) is 0 Å². The molecule has 2 heterocycles. The van der Waals surface area contributed by atoms with E-state index in [0.717, 1.165) is 25.9 Å². The Morgan fingerprint density at radius 2 is 2.29 bits per heavy atom. The summed E-state index contributed by atoms with van der Waals surface area (Å²) in [7, 11) is 0. The number of ether oxygens (including phenoxy) is 2. The van der Waals surface area contributed by atoms with Crippen molar-refractivity contribution >= 4 is 5.78 Å². The molecule has 0 radical (unpaired) electrons. The quantitative estimate of drug-likeness (QED) is 0.699. The zero-order valence-corrected chi connectivity index (χ0v) is 10.4. The number of allylic oxidation sites excluding steroid dienone is 3. The molecular formula is C14H18O3. The van der Waals surface area contributed by atoms with E-state index < -0.39 is 0 Å². The molecule has 3 rings (SSSR count). The third-order valence-corrected chi connectivity index (χ3v) is 4.09. The van der Waals surface area contributed by atoms with Gasteiger partial charge in [0.05, 0.1) is 6.61 Å². The summed E-state index contributed by atoms with van der Waals surface area (Å²) in [4.78, 5) is 12.0. The molecule has 1 fully saturated rings. The first-order chi connectivity index (χ1) is 8.19. The van der Waals surface area contributed by atoms with Crippen molar-refractivity contribution < 1.29 is 14.3 Å². The zero-order chi connectivity index (χ0) is 12.0. The van der Waals surface area contributed by atoms with Crippen molar-refractivity contribution in [3.8, 4) is 0 Å². The van der Waals surface area contributed by atoms with Gasteiger partial charge in [-0.05, 0) is 36.8 Å². The molecule has 2 aliphatic heterocycles. The Hall–Kier alpha value is -1.09. The van der Waals surface area contributed by atoms with Crippen molar-refractivity contribution in [2.75, 3.05) is 6.61 Å². The molecule has 0 N–H and O–H groups in total. The predicted molar refractivity (Wildman–Crippen MR) is 63.1 cm³/mol. The number of carbonyl (C=O) groups is 1. The van der Waals surface area contributed by atoms with E-state index in [9.17, 15) is 4.79 Å².